The first kappa shape index (κ1) is 18.9. The minimum Gasteiger partial charge on any atom is -0.497 e. The number of halogens is 1. The molecule has 2 aromatic carbocycles. The molecule has 30 heavy (non-hydrogen) atoms. The van der Waals surface area contributed by atoms with Crippen molar-refractivity contribution in [3.63, 3.8) is 0 Å². The van der Waals surface area contributed by atoms with E-state index in [4.69, 9.17) is 4.74 Å². The number of methoxy groups -OCH3 is 1. The molecule has 1 aliphatic rings. The van der Waals surface area contributed by atoms with Crippen molar-refractivity contribution in [2.24, 2.45) is 0 Å². The second-order valence-corrected chi connectivity index (χ2v) is 8.45. The number of benzene rings is 2. The van der Waals surface area contributed by atoms with E-state index < -0.39 is 0 Å². The van der Waals surface area contributed by atoms with Crippen molar-refractivity contribution in [2.75, 3.05) is 13.7 Å². The molecule has 6 nitrogen and oxygen atoms in total. The SMILES string of the molecule is COc1ccc2[nH]cc(CCN3C(=O)c4n[nH]c(C)c4C3c3ccc(Br)cc3)c2c1. The van der Waals surface area contributed by atoms with Crippen LogP contribution in [0.15, 0.2) is 53.1 Å². The number of hydrogen-bond acceptors (Lipinski definition) is 3. The van der Waals surface area contributed by atoms with Gasteiger partial charge in [0.25, 0.3) is 5.91 Å². The van der Waals surface area contributed by atoms with Gasteiger partial charge >= 0.3 is 0 Å². The average Bonchev–Trinajstić information content (AvgIpc) is 3.41. The Hall–Kier alpha value is -3.06. The molecule has 1 unspecified atom stereocenters. The number of ether oxygens (including phenoxy) is 1. The lowest BCUT2D eigenvalue weighted by Crippen LogP contribution is -2.31. The summed E-state index contributed by atoms with van der Waals surface area (Å²) in [5, 5.41) is 8.39. The van der Waals surface area contributed by atoms with Gasteiger partial charge in [0, 0.05) is 39.4 Å². The first-order valence-electron chi connectivity index (χ1n) is 9.82. The number of rotatable bonds is 5. The van der Waals surface area contributed by atoms with Gasteiger partial charge in [-0.1, -0.05) is 28.1 Å². The molecule has 1 aliphatic heterocycles. The van der Waals surface area contributed by atoms with Crippen LogP contribution in [0.1, 0.15) is 38.9 Å². The zero-order chi connectivity index (χ0) is 20.8. The molecule has 1 atom stereocenters. The molecule has 7 heteroatoms. The molecule has 0 aliphatic carbocycles. The average molecular weight is 465 g/mol. The van der Waals surface area contributed by atoms with Crippen LogP contribution in [0.3, 0.4) is 0 Å². The standard InChI is InChI=1S/C23H21BrN4O2/c1-13-20-21(27-26-13)23(29)28(22(20)14-3-5-16(24)6-4-14)10-9-15-12-25-19-8-7-17(30-2)11-18(15)19/h3-8,11-12,22,25H,9-10H2,1-2H3,(H,26,27). The molecule has 5 rings (SSSR count). The Morgan fingerprint density at radius 1 is 1.20 bits per heavy atom. The second-order valence-electron chi connectivity index (χ2n) is 7.54. The Morgan fingerprint density at radius 2 is 2.00 bits per heavy atom. The van der Waals surface area contributed by atoms with Crippen LogP contribution in [0.4, 0.5) is 0 Å². The Labute approximate surface area is 182 Å². The number of carbonyl (C=O) groups excluding carboxylic acids is 1. The van der Waals surface area contributed by atoms with Gasteiger partial charge in [-0.2, -0.15) is 5.10 Å². The third kappa shape index (κ3) is 3.01. The fourth-order valence-electron chi connectivity index (χ4n) is 4.30. The third-order valence-corrected chi connectivity index (χ3v) is 6.35. The van der Waals surface area contributed by atoms with Crippen LogP contribution in [0.5, 0.6) is 5.75 Å². The fraction of sp³-hybridized carbons (Fsp3) is 0.217. The Bertz CT molecular complexity index is 1240. The lowest BCUT2D eigenvalue weighted by molar-refractivity contribution is 0.0745. The van der Waals surface area contributed by atoms with Crippen LogP contribution >= 0.6 is 15.9 Å². The lowest BCUT2D eigenvalue weighted by atomic mass is 9.99. The number of nitrogens with one attached hydrogen (secondary N) is 2. The summed E-state index contributed by atoms with van der Waals surface area (Å²) >= 11 is 3.50. The van der Waals surface area contributed by atoms with E-state index in [9.17, 15) is 4.79 Å². The van der Waals surface area contributed by atoms with E-state index in [1.54, 1.807) is 7.11 Å². The summed E-state index contributed by atoms with van der Waals surface area (Å²) in [6.07, 6.45) is 2.75. The molecular weight excluding hydrogens is 444 g/mol. The minimum atomic E-state index is -0.140. The maximum Gasteiger partial charge on any atom is 0.275 e. The number of nitrogens with zero attached hydrogens (tertiary/aromatic N) is 2. The number of fused-ring (bicyclic) bond motifs is 2. The molecular formula is C23H21BrN4O2. The van der Waals surface area contributed by atoms with Crippen LogP contribution in [-0.4, -0.2) is 39.6 Å². The van der Waals surface area contributed by atoms with Gasteiger partial charge in [-0.15, -0.1) is 0 Å². The number of hydrogen-bond donors (Lipinski definition) is 2. The number of aromatic nitrogens is 3. The quantitative estimate of drug-likeness (QED) is 0.447. The molecule has 4 aromatic rings. The van der Waals surface area contributed by atoms with Crippen LogP contribution in [0, 0.1) is 6.92 Å². The third-order valence-electron chi connectivity index (χ3n) is 5.83. The van der Waals surface area contributed by atoms with Gasteiger partial charge in [-0.3, -0.25) is 9.89 Å². The van der Waals surface area contributed by atoms with Gasteiger partial charge in [0.05, 0.1) is 13.2 Å². The Morgan fingerprint density at radius 3 is 2.77 bits per heavy atom. The van der Waals surface area contributed by atoms with Gasteiger partial charge in [-0.05, 0) is 54.8 Å². The maximum atomic E-state index is 13.2. The second kappa shape index (κ2) is 7.32. The molecule has 3 heterocycles. The van der Waals surface area contributed by atoms with Gasteiger partial charge in [0.15, 0.2) is 5.69 Å². The van der Waals surface area contributed by atoms with Crippen molar-refractivity contribution in [2.45, 2.75) is 19.4 Å². The number of aromatic amines is 2. The van der Waals surface area contributed by atoms with Gasteiger partial charge in [0.2, 0.25) is 0 Å². The molecule has 0 spiro atoms. The largest absolute Gasteiger partial charge is 0.497 e. The van der Waals surface area contributed by atoms with Crippen molar-refractivity contribution in [1.82, 2.24) is 20.1 Å². The topological polar surface area (TPSA) is 74.0 Å². The number of H-pyrrole nitrogens is 2. The Kier molecular flexibility index (Phi) is 4.62. The summed E-state index contributed by atoms with van der Waals surface area (Å²) in [7, 11) is 1.67. The zero-order valence-corrected chi connectivity index (χ0v) is 18.3. The summed E-state index contributed by atoms with van der Waals surface area (Å²) < 4.78 is 6.39. The highest BCUT2D eigenvalue weighted by Crippen LogP contribution is 2.39. The molecule has 0 saturated carbocycles. The van der Waals surface area contributed by atoms with E-state index in [1.807, 2.05) is 48.4 Å². The van der Waals surface area contributed by atoms with Crippen LogP contribution in [-0.2, 0) is 6.42 Å². The van der Waals surface area contributed by atoms with Gasteiger partial charge in [-0.25, -0.2) is 0 Å². The van der Waals surface area contributed by atoms with Crippen molar-refractivity contribution in [1.29, 1.82) is 0 Å². The monoisotopic (exact) mass is 464 g/mol. The van der Waals surface area contributed by atoms with Crippen LogP contribution in [0.25, 0.3) is 10.9 Å². The van der Waals surface area contributed by atoms with E-state index >= 15 is 0 Å². The van der Waals surface area contributed by atoms with Crippen molar-refractivity contribution < 1.29 is 9.53 Å². The van der Waals surface area contributed by atoms with Crippen LogP contribution < -0.4 is 4.74 Å². The molecule has 1 amide bonds. The summed E-state index contributed by atoms with van der Waals surface area (Å²) in [4.78, 5) is 18.4. The summed E-state index contributed by atoms with van der Waals surface area (Å²) in [6.45, 7) is 2.57. The highest BCUT2D eigenvalue weighted by atomic mass is 79.9. The number of aryl methyl sites for hydroxylation is 1. The van der Waals surface area contributed by atoms with Crippen molar-refractivity contribution in [3.05, 3.63) is 81.2 Å². The van der Waals surface area contributed by atoms with E-state index in [0.717, 1.165) is 49.9 Å². The highest BCUT2D eigenvalue weighted by molar-refractivity contribution is 9.10. The predicted octanol–water partition coefficient (Wildman–Crippen LogP) is 4.76. The molecule has 2 N–H and O–H groups in total. The predicted molar refractivity (Wildman–Crippen MR) is 119 cm³/mol. The minimum absolute atomic E-state index is 0.0281. The smallest absolute Gasteiger partial charge is 0.275 e. The summed E-state index contributed by atoms with van der Waals surface area (Å²) in [6, 6.07) is 14.0. The Balaban J connectivity index is 1.48. The van der Waals surface area contributed by atoms with Crippen LogP contribution in [0.2, 0.25) is 0 Å². The fourth-order valence-corrected chi connectivity index (χ4v) is 4.56. The maximum absolute atomic E-state index is 13.2. The number of carbonyl (C=O) groups is 1. The van der Waals surface area contributed by atoms with Crippen molar-refractivity contribution in [3.8, 4) is 5.75 Å². The zero-order valence-electron chi connectivity index (χ0n) is 16.7. The highest BCUT2D eigenvalue weighted by Gasteiger charge is 2.41. The van der Waals surface area contributed by atoms with E-state index in [2.05, 4.69) is 43.2 Å². The molecule has 0 radical (unpaired) electrons. The molecule has 2 aromatic heterocycles. The van der Waals surface area contributed by atoms with Crippen molar-refractivity contribution >= 4 is 32.7 Å². The van der Waals surface area contributed by atoms with Gasteiger partial charge in [0.1, 0.15) is 5.75 Å². The molecule has 152 valence electrons. The molecule has 0 fully saturated rings. The van der Waals surface area contributed by atoms with Gasteiger partial charge < -0.3 is 14.6 Å². The first-order valence-corrected chi connectivity index (χ1v) is 10.6. The molecule has 0 bridgehead atoms. The summed E-state index contributed by atoms with van der Waals surface area (Å²) in [5.74, 6) is 0.795. The lowest BCUT2D eigenvalue weighted by Gasteiger charge is -2.26. The summed E-state index contributed by atoms with van der Waals surface area (Å²) in [5.41, 5.74) is 5.74. The normalized spacial score (nSPS) is 15.8. The first-order chi connectivity index (χ1) is 14.6. The molecule has 0 saturated heterocycles. The van der Waals surface area contributed by atoms with E-state index in [1.165, 1.54) is 0 Å². The number of amides is 1. The van der Waals surface area contributed by atoms with E-state index in [0.29, 0.717) is 12.2 Å². The van der Waals surface area contributed by atoms with E-state index in [-0.39, 0.29) is 11.9 Å².